The summed E-state index contributed by atoms with van der Waals surface area (Å²) in [5.41, 5.74) is 6.61. The summed E-state index contributed by atoms with van der Waals surface area (Å²) >= 11 is 0. The van der Waals surface area contributed by atoms with Crippen molar-refractivity contribution in [3.63, 3.8) is 0 Å². The highest BCUT2D eigenvalue weighted by molar-refractivity contribution is 7.53. The average molecular weight is 473 g/mol. The maximum Gasteiger partial charge on any atom is 0.365 e. The van der Waals surface area contributed by atoms with Gasteiger partial charge in [-0.3, -0.25) is 9.13 Å². The molecular formula is C17H24N5O9P. The van der Waals surface area contributed by atoms with Gasteiger partial charge in [0.1, 0.15) is 29.7 Å². The molecule has 2 aliphatic rings. The lowest BCUT2D eigenvalue weighted by Gasteiger charge is -2.20. The monoisotopic (exact) mass is 473 g/mol. The third-order valence-corrected chi connectivity index (χ3v) is 6.20. The Bertz CT molecular complexity index is 1050. The van der Waals surface area contributed by atoms with Crippen LogP contribution in [0.5, 0.6) is 0 Å². The Kier molecular flexibility index (Phi) is 6.20. The molecule has 2 fully saturated rings. The second kappa shape index (κ2) is 8.63. The van der Waals surface area contributed by atoms with Crippen LogP contribution in [0.1, 0.15) is 37.7 Å². The number of anilines is 1. The van der Waals surface area contributed by atoms with E-state index in [0.717, 1.165) is 12.8 Å². The number of esters is 1. The molecular weight excluding hydrogens is 449 g/mol. The standard InChI is InChI=1S/C17H24N5O9P/c1-2-29-16(25)17(32(26,27)28)30-5-8-10(23)11(24)15(31-8)22-6-19-9-12(18)20-13(7-3-4-7)21-14(9)22/h6-8,10-11,15,17,23-24H,2-5H2,1H3,(H2,18,20,21)(H2,26,27,28)/t8-,10-,11-,15-,17+/m1/s1. The number of hydrogen-bond donors (Lipinski definition) is 5. The van der Waals surface area contributed by atoms with Crippen LogP contribution in [0.2, 0.25) is 0 Å². The van der Waals surface area contributed by atoms with Crippen molar-refractivity contribution in [2.24, 2.45) is 0 Å². The zero-order valence-corrected chi connectivity index (χ0v) is 17.9. The van der Waals surface area contributed by atoms with Crippen molar-refractivity contribution >= 4 is 30.5 Å². The van der Waals surface area contributed by atoms with E-state index >= 15 is 0 Å². The first-order chi connectivity index (χ1) is 15.1. The molecule has 32 heavy (non-hydrogen) atoms. The van der Waals surface area contributed by atoms with E-state index in [9.17, 15) is 29.4 Å². The normalized spacial score (nSPS) is 27.0. The molecule has 0 unspecified atom stereocenters. The minimum absolute atomic E-state index is 0.108. The number of ether oxygens (including phenoxy) is 3. The van der Waals surface area contributed by atoms with E-state index in [1.165, 1.54) is 17.8 Å². The summed E-state index contributed by atoms with van der Waals surface area (Å²) in [5, 5.41) is 20.9. The summed E-state index contributed by atoms with van der Waals surface area (Å²) in [5.74, 6) is -2.48. The van der Waals surface area contributed by atoms with Crippen LogP contribution in [0.4, 0.5) is 5.82 Å². The van der Waals surface area contributed by atoms with E-state index in [1.54, 1.807) is 0 Å². The first-order valence-corrected chi connectivity index (χ1v) is 11.6. The zero-order chi connectivity index (χ0) is 23.2. The predicted octanol–water partition coefficient (Wildman–Crippen LogP) is -1.01. The van der Waals surface area contributed by atoms with Crippen molar-refractivity contribution < 1.29 is 43.6 Å². The lowest BCUT2D eigenvalue weighted by atomic mass is 10.1. The van der Waals surface area contributed by atoms with Crippen LogP contribution in [0.15, 0.2) is 6.33 Å². The van der Waals surface area contributed by atoms with Crippen molar-refractivity contribution in [2.75, 3.05) is 18.9 Å². The Labute approximate surface area is 181 Å². The summed E-state index contributed by atoms with van der Waals surface area (Å²) < 4.78 is 28.4. The molecule has 0 bridgehead atoms. The number of aromatic nitrogens is 4. The van der Waals surface area contributed by atoms with E-state index in [1.807, 2.05) is 0 Å². The number of rotatable bonds is 8. The summed E-state index contributed by atoms with van der Waals surface area (Å²) in [6.07, 6.45) is -2.05. The van der Waals surface area contributed by atoms with Crippen molar-refractivity contribution in [3.8, 4) is 0 Å². The molecule has 2 aromatic rings. The largest absolute Gasteiger partial charge is 0.464 e. The molecule has 0 amide bonds. The number of fused-ring (bicyclic) bond motifs is 1. The fraction of sp³-hybridized carbons (Fsp3) is 0.647. The molecule has 0 aromatic carbocycles. The highest BCUT2D eigenvalue weighted by Crippen LogP contribution is 2.43. The molecule has 14 nitrogen and oxygen atoms in total. The summed E-state index contributed by atoms with van der Waals surface area (Å²) in [6, 6.07) is 0. The minimum atomic E-state index is -5.01. The molecule has 3 heterocycles. The van der Waals surface area contributed by atoms with Crippen molar-refractivity contribution in [1.82, 2.24) is 19.5 Å². The van der Waals surface area contributed by atoms with Gasteiger partial charge in [0.05, 0.1) is 19.5 Å². The van der Waals surface area contributed by atoms with Crippen LogP contribution in [0.3, 0.4) is 0 Å². The Morgan fingerprint density at radius 2 is 2.06 bits per heavy atom. The number of imidazole rings is 1. The van der Waals surface area contributed by atoms with E-state index in [-0.39, 0.29) is 18.3 Å². The third kappa shape index (κ3) is 4.35. The molecule has 0 radical (unpaired) electrons. The molecule has 5 atom stereocenters. The molecule has 176 valence electrons. The topological polar surface area (TPSA) is 212 Å². The van der Waals surface area contributed by atoms with E-state index in [4.69, 9.17) is 15.2 Å². The van der Waals surface area contributed by atoms with Gasteiger partial charge in [-0.2, -0.15) is 0 Å². The van der Waals surface area contributed by atoms with Crippen LogP contribution in [0.25, 0.3) is 11.2 Å². The number of carbonyl (C=O) groups excluding carboxylic acids is 1. The number of nitrogen functional groups attached to an aromatic ring is 1. The van der Waals surface area contributed by atoms with Crippen molar-refractivity contribution in [2.45, 2.75) is 56.1 Å². The molecule has 1 aliphatic carbocycles. The van der Waals surface area contributed by atoms with E-state index in [0.29, 0.717) is 17.0 Å². The number of aliphatic hydroxyl groups excluding tert-OH is 2. The van der Waals surface area contributed by atoms with Gasteiger partial charge in [0.15, 0.2) is 17.7 Å². The van der Waals surface area contributed by atoms with Crippen molar-refractivity contribution in [1.29, 1.82) is 0 Å². The number of nitrogens with zero attached hydrogens (tertiary/aromatic N) is 4. The number of aliphatic hydroxyl groups is 2. The highest BCUT2D eigenvalue weighted by atomic mass is 31.2. The van der Waals surface area contributed by atoms with Gasteiger partial charge in [-0.05, 0) is 19.8 Å². The second-order valence-electron chi connectivity index (χ2n) is 7.64. The van der Waals surface area contributed by atoms with Crippen LogP contribution in [0, 0.1) is 0 Å². The minimum Gasteiger partial charge on any atom is -0.464 e. The lowest BCUT2D eigenvalue weighted by Crippen LogP contribution is -2.36. The van der Waals surface area contributed by atoms with Crippen LogP contribution < -0.4 is 5.73 Å². The van der Waals surface area contributed by atoms with E-state index < -0.39 is 50.6 Å². The van der Waals surface area contributed by atoms with Crippen LogP contribution >= 0.6 is 7.60 Å². The van der Waals surface area contributed by atoms with Crippen LogP contribution in [-0.4, -0.2) is 82.9 Å². The Hall–Kier alpha value is -2.19. The fourth-order valence-electron chi connectivity index (χ4n) is 3.46. The smallest absolute Gasteiger partial charge is 0.365 e. The lowest BCUT2D eigenvalue weighted by molar-refractivity contribution is -0.155. The first-order valence-electron chi connectivity index (χ1n) is 9.96. The fourth-order valence-corrected chi connectivity index (χ4v) is 4.09. The zero-order valence-electron chi connectivity index (χ0n) is 17.0. The molecule has 15 heteroatoms. The van der Waals surface area contributed by atoms with Crippen LogP contribution in [-0.2, 0) is 23.6 Å². The maximum atomic E-state index is 11.8. The van der Waals surface area contributed by atoms with Gasteiger partial charge in [0.2, 0.25) is 0 Å². The second-order valence-corrected chi connectivity index (χ2v) is 9.29. The van der Waals surface area contributed by atoms with Gasteiger partial charge in [0, 0.05) is 5.92 Å². The Balaban J connectivity index is 1.53. The van der Waals surface area contributed by atoms with Gasteiger partial charge < -0.3 is 39.9 Å². The quantitative estimate of drug-likeness (QED) is 0.230. The molecule has 4 rings (SSSR count). The molecule has 6 N–H and O–H groups in total. The first kappa shape index (κ1) is 23.0. The van der Waals surface area contributed by atoms with Gasteiger partial charge in [-0.25, -0.2) is 19.7 Å². The van der Waals surface area contributed by atoms with E-state index in [2.05, 4.69) is 19.7 Å². The SMILES string of the molecule is CCOC(=O)[C@@H](OC[C@H]1O[C@@H](n2cnc3c(N)nc(C4CC4)nc32)[C@H](O)[C@@H]1O)P(=O)(O)O. The molecule has 1 saturated carbocycles. The predicted molar refractivity (Wildman–Crippen MR) is 106 cm³/mol. The van der Waals surface area contributed by atoms with Gasteiger partial charge in [-0.15, -0.1) is 0 Å². The molecule has 1 saturated heterocycles. The number of nitrogens with two attached hydrogens (primary N) is 1. The highest BCUT2D eigenvalue weighted by Gasteiger charge is 2.46. The molecule has 2 aromatic heterocycles. The maximum absolute atomic E-state index is 11.8. The summed E-state index contributed by atoms with van der Waals surface area (Å²) in [4.78, 5) is 43.5. The Morgan fingerprint density at radius 1 is 1.34 bits per heavy atom. The number of hydrogen-bond acceptors (Lipinski definition) is 11. The van der Waals surface area contributed by atoms with Crippen molar-refractivity contribution in [3.05, 3.63) is 12.2 Å². The number of carbonyl (C=O) groups is 1. The van der Waals surface area contributed by atoms with Gasteiger partial charge in [0.25, 0.3) is 5.85 Å². The third-order valence-electron chi connectivity index (χ3n) is 5.23. The molecule has 0 spiro atoms. The average Bonchev–Trinajstić information content (AvgIpc) is 3.42. The summed E-state index contributed by atoms with van der Waals surface area (Å²) in [6.45, 7) is 0.768. The van der Waals surface area contributed by atoms with Gasteiger partial charge >= 0.3 is 13.6 Å². The van der Waals surface area contributed by atoms with Gasteiger partial charge in [-0.1, -0.05) is 0 Å². The summed E-state index contributed by atoms with van der Waals surface area (Å²) in [7, 11) is -5.01. The molecule has 1 aliphatic heterocycles. The Morgan fingerprint density at radius 3 is 2.69 bits per heavy atom.